The van der Waals surface area contributed by atoms with E-state index in [1.807, 2.05) is 42.5 Å². The van der Waals surface area contributed by atoms with Gasteiger partial charge in [-0.2, -0.15) is 10.2 Å². The minimum absolute atomic E-state index is 0.855. The molecule has 1 aromatic carbocycles. The first kappa shape index (κ1) is 13.1. The Labute approximate surface area is 103 Å². The lowest BCUT2D eigenvalue weighted by Gasteiger charge is -1.94. The number of hydrogen-bond acceptors (Lipinski definition) is 2. The number of hydrogen-bond donors (Lipinski definition) is 0. The molecule has 2 heteroatoms. The standard InChI is InChI=1S/C15H18N2/c1-4-6-8-14(7-5-2)16-17-15-11-9-13(3)10-12-15/h4,6-12H,1,5H2,2-3H3/b8-6-,14-7+,17-16?. The summed E-state index contributed by atoms with van der Waals surface area (Å²) in [7, 11) is 0. The lowest BCUT2D eigenvalue weighted by molar-refractivity contribution is 1.12. The summed E-state index contributed by atoms with van der Waals surface area (Å²) in [5, 5.41) is 8.39. The molecule has 17 heavy (non-hydrogen) atoms. The number of aryl methyl sites for hydroxylation is 1. The molecule has 0 unspecified atom stereocenters. The molecular weight excluding hydrogens is 208 g/mol. The van der Waals surface area contributed by atoms with Gasteiger partial charge in [-0.05, 0) is 31.6 Å². The van der Waals surface area contributed by atoms with Crippen molar-refractivity contribution in [3.63, 3.8) is 0 Å². The Balaban J connectivity index is 2.79. The van der Waals surface area contributed by atoms with Gasteiger partial charge in [-0.1, -0.05) is 49.4 Å². The van der Waals surface area contributed by atoms with Gasteiger partial charge in [-0.15, -0.1) is 0 Å². The van der Waals surface area contributed by atoms with Crippen molar-refractivity contribution in [3.05, 3.63) is 66.4 Å². The van der Waals surface area contributed by atoms with Crippen LogP contribution in [0.4, 0.5) is 5.69 Å². The minimum Gasteiger partial charge on any atom is -0.151 e. The summed E-state index contributed by atoms with van der Waals surface area (Å²) >= 11 is 0. The number of benzene rings is 1. The van der Waals surface area contributed by atoms with Gasteiger partial charge in [0.1, 0.15) is 0 Å². The molecule has 1 aromatic rings. The molecule has 0 spiro atoms. The number of allylic oxidation sites excluding steroid dienone is 4. The molecule has 0 saturated heterocycles. The Hall–Kier alpha value is -1.96. The Morgan fingerprint density at radius 1 is 1.29 bits per heavy atom. The summed E-state index contributed by atoms with van der Waals surface area (Å²) in [6.45, 7) is 7.76. The highest BCUT2D eigenvalue weighted by Crippen LogP contribution is 2.15. The third-order valence-electron chi connectivity index (χ3n) is 2.13. The van der Waals surface area contributed by atoms with Gasteiger partial charge < -0.3 is 0 Å². The normalized spacial score (nSPS) is 12.5. The van der Waals surface area contributed by atoms with Gasteiger partial charge in [0, 0.05) is 0 Å². The summed E-state index contributed by atoms with van der Waals surface area (Å²) < 4.78 is 0. The van der Waals surface area contributed by atoms with Crippen LogP contribution in [0.15, 0.2) is 71.1 Å². The first-order valence-electron chi connectivity index (χ1n) is 5.74. The number of nitrogens with zero attached hydrogens (tertiary/aromatic N) is 2. The average Bonchev–Trinajstić information content (AvgIpc) is 2.35. The van der Waals surface area contributed by atoms with Crippen molar-refractivity contribution < 1.29 is 0 Å². The van der Waals surface area contributed by atoms with Gasteiger partial charge in [0.05, 0.1) is 11.4 Å². The lowest BCUT2D eigenvalue weighted by Crippen LogP contribution is -1.72. The van der Waals surface area contributed by atoms with E-state index < -0.39 is 0 Å². The highest BCUT2D eigenvalue weighted by molar-refractivity contribution is 5.38. The van der Waals surface area contributed by atoms with Crippen LogP contribution in [0.25, 0.3) is 0 Å². The van der Waals surface area contributed by atoms with Crippen molar-refractivity contribution in [3.8, 4) is 0 Å². The first-order valence-corrected chi connectivity index (χ1v) is 5.74. The van der Waals surface area contributed by atoms with E-state index in [4.69, 9.17) is 0 Å². The monoisotopic (exact) mass is 226 g/mol. The first-order chi connectivity index (χ1) is 8.26. The second-order valence-corrected chi connectivity index (χ2v) is 3.67. The second kappa shape index (κ2) is 7.34. The van der Waals surface area contributed by atoms with Crippen LogP contribution in [0, 0.1) is 6.92 Å². The number of rotatable bonds is 5. The van der Waals surface area contributed by atoms with Crippen molar-refractivity contribution in [1.82, 2.24) is 0 Å². The summed E-state index contributed by atoms with van der Waals surface area (Å²) in [5.74, 6) is 0. The Morgan fingerprint density at radius 3 is 2.59 bits per heavy atom. The Morgan fingerprint density at radius 2 is 2.00 bits per heavy atom. The summed E-state index contributed by atoms with van der Waals surface area (Å²) in [6.07, 6.45) is 8.44. The maximum Gasteiger partial charge on any atom is 0.0857 e. The zero-order chi connectivity index (χ0) is 12.5. The smallest absolute Gasteiger partial charge is 0.0857 e. The molecule has 1 rings (SSSR count). The largest absolute Gasteiger partial charge is 0.151 e. The van der Waals surface area contributed by atoms with Crippen LogP contribution in [0.5, 0.6) is 0 Å². The van der Waals surface area contributed by atoms with Crippen LogP contribution >= 0.6 is 0 Å². The molecule has 0 N–H and O–H groups in total. The van der Waals surface area contributed by atoms with Crippen molar-refractivity contribution in [2.75, 3.05) is 0 Å². The fraction of sp³-hybridized carbons (Fsp3) is 0.200. The van der Waals surface area contributed by atoms with Gasteiger partial charge in [0.2, 0.25) is 0 Å². The maximum absolute atomic E-state index is 4.20. The highest BCUT2D eigenvalue weighted by Gasteiger charge is 1.90. The fourth-order valence-corrected chi connectivity index (χ4v) is 1.24. The molecule has 88 valence electrons. The SMILES string of the molecule is C=C/C=C\C(=C/CC)N=Nc1ccc(C)cc1. The molecule has 2 nitrogen and oxygen atoms in total. The third kappa shape index (κ3) is 5.07. The van der Waals surface area contributed by atoms with Crippen molar-refractivity contribution >= 4 is 5.69 Å². The van der Waals surface area contributed by atoms with Gasteiger partial charge in [0.15, 0.2) is 0 Å². The zero-order valence-corrected chi connectivity index (χ0v) is 10.4. The minimum atomic E-state index is 0.855. The van der Waals surface area contributed by atoms with Crippen molar-refractivity contribution in [2.24, 2.45) is 10.2 Å². The fourth-order valence-electron chi connectivity index (χ4n) is 1.24. The molecule has 0 aliphatic heterocycles. The van der Waals surface area contributed by atoms with Gasteiger partial charge in [-0.3, -0.25) is 0 Å². The maximum atomic E-state index is 4.20. The van der Waals surface area contributed by atoms with Crippen LogP contribution < -0.4 is 0 Å². The van der Waals surface area contributed by atoms with Gasteiger partial charge >= 0.3 is 0 Å². The topological polar surface area (TPSA) is 24.7 Å². The molecule has 0 heterocycles. The lowest BCUT2D eigenvalue weighted by atomic mass is 10.2. The quantitative estimate of drug-likeness (QED) is 0.492. The molecule has 0 bridgehead atoms. The van der Waals surface area contributed by atoms with Crippen LogP contribution in [0.2, 0.25) is 0 Å². The highest BCUT2D eigenvalue weighted by atomic mass is 15.1. The molecule has 0 fully saturated rings. The number of azo groups is 1. The van der Waals surface area contributed by atoms with Crippen LogP contribution in [0.3, 0.4) is 0 Å². The third-order valence-corrected chi connectivity index (χ3v) is 2.13. The predicted molar refractivity (Wildman–Crippen MR) is 73.4 cm³/mol. The molecule has 0 aromatic heterocycles. The molecule has 0 saturated carbocycles. The van der Waals surface area contributed by atoms with E-state index in [0.29, 0.717) is 0 Å². The Kier molecular flexibility index (Phi) is 5.66. The second-order valence-electron chi connectivity index (χ2n) is 3.67. The van der Waals surface area contributed by atoms with E-state index in [9.17, 15) is 0 Å². The van der Waals surface area contributed by atoms with E-state index in [0.717, 1.165) is 17.8 Å². The van der Waals surface area contributed by atoms with E-state index in [1.165, 1.54) is 5.56 Å². The van der Waals surface area contributed by atoms with Gasteiger partial charge in [-0.25, -0.2) is 0 Å². The van der Waals surface area contributed by atoms with E-state index in [-0.39, 0.29) is 0 Å². The van der Waals surface area contributed by atoms with Crippen LogP contribution in [0.1, 0.15) is 18.9 Å². The van der Waals surface area contributed by atoms with E-state index >= 15 is 0 Å². The van der Waals surface area contributed by atoms with Crippen LogP contribution in [-0.4, -0.2) is 0 Å². The molecule has 0 atom stereocenters. The Bertz CT molecular complexity index is 436. The molecular formula is C15H18N2. The molecule has 0 aliphatic carbocycles. The van der Waals surface area contributed by atoms with E-state index in [1.54, 1.807) is 6.08 Å². The summed E-state index contributed by atoms with van der Waals surface area (Å²) in [4.78, 5) is 0. The van der Waals surface area contributed by atoms with E-state index in [2.05, 4.69) is 30.7 Å². The van der Waals surface area contributed by atoms with Gasteiger partial charge in [0.25, 0.3) is 0 Å². The average molecular weight is 226 g/mol. The molecule has 0 amide bonds. The summed E-state index contributed by atoms with van der Waals surface area (Å²) in [5.41, 5.74) is 2.94. The van der Waals surface area contributed by atoms with Crippen LogP contribution in [-0.2, 0) is 0 Å². The zero-order valence-electron chi connectivity index (χ0n) is 10.4. The summed E-state index contributed by atoms with van der Waals surface area (Å²) in [6, 6.07) is 7.97. The van der Waals surface area contributed by atoms with Crippen molar-refractivity contribution in [1.29, 1.82) is 0 Å². The molecule has 0 radical (unpaired) electrons. The van der Waals surface area contributed by atoms with Crippen molar-refractivity contribution in [2.45, 2.75) is 20.3 Å². The molecule has 0 aliphatic rings. The predicted octanol–water partition coefficient (Wildman–Crippen LogP) is 5.11.